The highest BCUT2D eigenvalue weighted by Crippen LogP contribution is 2.31. The molecule has 0 saturated heterocycles. The number of hydrogen-bond donors (Lipinski definition) is 2. The maximum absolute atomic E-state index is 12.1. The van der Waals surface area contributed by atoms with Gasteiger partial charge in [-0.05, 0) is 18.8 Å². The predicted octanol–water partition coefficient (Wildman–Crippen LogP) is 1.91. The van der Waals surface area contributed by atoms with Crippen LogP contribution in [0.3, 0.4) is 0 Å². The van der Waals surface area contributed by atoms with Crippen molar-refractivity contribution in [2.75, 3.05) is 6.54 Å². The first-order valence-corrected chi connectivity index (χ1v) is 7.25. The van der Waals surface area contributed by atoms with E-state index in [1.807, 2.05) is 0 Å². The number of nitrogens with one attached hydrogen (secondary N) is 1. The quantitative estimate of drug-likeness (QED) is 0.875. The fourth-order valence-corrected chi connectivity index (χ4v) is 2.84. The SMILES string of the molecule is CC(C)(C)c1ncsc1C(=O)NCC(N)C1CC1. The summed E-state index contributed by atoms with van der Waals surface area (Å²) >= 11 is 1.40. The smallest absolute Gasteiger partial charge is 0.263 e. The molecule has 3 N–H and O–H groups in total. The van der Waals surface area contributed by atoms with Crippen LogP contribution in [-0.4, -0.2) is 23.5 Å². The summed E-state index contributed by atoms with van der Waals surface area (Å²) in [6, 6.07) is 0.0972. The van der Waals surface area contributed by atoms with Gasteiger partial charge in [-0.25, -0.2) is 4.98 Å². The van der Waals surface area contributed by atoms with Crippen molar-refractivity contribution in [2.24, 2.45) is 11.7 Å². The summed E-state index contributed by atoms with van der Waals surface area (Å²) in [6.45, 7) is 6.75. The van der Waals surface area contributed by atoms with Crippen molar-refractivity contribution in [2.45, 2.75) is 45.1 Å². The van der Waals surface area contributed by atoms with Crippen molar-refractivity contribution in [1.29, 1.82) is 0 Å². The van der Waals surface area contributed by atoms with E-state index in [1.165, 1.54) is 24.2 Å². The summed E-state index contributed by atoms with van der Waals surface area (Å²) in [5.41, 5.74) is 8.47. The van der Waals surface area contributed by atoms with Crippen LogP contribution in [0.4, 0.5) is 0 Å². The zero-order valence-electron chi connectivity index (χ0n) is 11.2. The highest BCUT2D eigenvalue weighted by Gasteiger charge is 2.29. The van der Waals surface area contributed by atoms with Crippen molar-refractivity contribution in [3.05, 3.63) is 16.1 Å². The van der Waals surface area contributed by atoms with Crippen LogP contribution >= 0.6 is 11.3 Å². The number of nitrogens with zero attached hydrogens (tertiary/aromatic N) is 1. The molecule has 0 aromatic carbocycles. The van der Waals surface area contributed by atoms with Gasteiger partial charge in [-0.3, -0.25) is 4.79 Å². The molecule has 0 bridgehead atoms. The minimum atomic E-state index is -0.106. The van der Waals surface area contributed by atoms with E-state index in [2.05, 4.69) is 31.1 Å². The predicted molar refractivity (Wildman–Crippen MR) is 73.8 cm³/mol. The van der Waals surface area contributed by atoms with Gasteiger partial charge in [-0.2, -0.15) is 0 Å². The fourth-order valence-electron chi connectivity index (χ4n) is 1.92. The van der Waals surface area contributed by atoms with Crippen LogP contribution in [0.1, 0.15) is 49.0 Å². The van der Waals surface area contributed by atoms with E-state index in [4.69, 9.17) is 5.73 Å². The molecule has 100 valence electrons. The average Bonchev–Trinajstić information content (AvgIpc) is 3.00. The van der Waals surface area contributed by atoms with Crippen LogP contribution in [0.15, 0.2) is 5.51 Å². The highest BCUT2D eigenvalue weighted by atomic mass is 32.1. The summed E-state index contributed by atoms with van der Waals surface area (Å²) in [6.07, 6.45) is 2.40. The zero-order valence-corrected chi connectivity index (χ0v) is 12.0. The van der Waals surface area contributed by atoms with Crippen molar-refractivity contribution in [3.8, 4) is 0 Å². The van der Waals surface area contributed by atoms with Crippen LogP contribution < -0.4 is 11.1 Å². The normalized spacial score (nSPS) is 17.6. The largest absolute Gasteiger partial charge is 0.350 e. The minimum absolute atomic E-state index is 0.0430. The summed E-state index contributed by atoms with van der Waals surface area (Å²) < 4.78 is 0. The second-order valence-corrected chi connectivity index (χ2v) is 6.85. The molecule has 1 saturated carbocycles. The highest BCUT2D eigenvalue weighted by molar-refractivity contribution is 7.11. The molecule has 5 heteroatoms. The first-order chi connectivity index (χ1) is 8.39. The first-order valence-electron chi connectivity index (χ1n) is 6.37. The van der Waals surface area contributed by atoms with Crippen molar-refractivity contribution < 1.29 is 4.79 Å². The van der Waals surface area contributed by atoms with E-state index in [0.29, 0.717) is 17.3 Å². The molecule has 0 radical (unpaired) electrons. The average molecular weight is 267 g/mol. The number of carbonyl (C=O) groups excluding carboxylic acids is 1. The number of hydrogen-bond acceptors (Lipinski definition) is 4. The van der Waals surface area contributed by atoms with E-state index in [-0.39, 0.29) is 17.4 Å². The Balaban J connectivity index is 1.98. The molecule has 1 fully saturated rings. The Morgan fingerprint density at radius 3 is 2.83 bits per heavy atom. The van der Waals surface area contributed by atoms with Gasteiger partial charge in [0.15, 0.2) is 0 Å². The van der Waals surface area contributed by atoms with Crippen LogP contribution in [0.5, 0.6) is 0 Å². The van der Waals surface area contributed by atoms with Crippen molar-refractivity contribution >= 4 is 17.2 Å². The second kappa shape index (κ2) is 4.97. The van der Waals surface area contributed by atoms with E-state index in [0.717, 1.165) is 5.69 Å². The number of aromatic nitrogens is 1. The molecule has 4 nitrogen and oxygen atoms in total. The molecule has 1 unspecified atom stereocenters. The maximum Gasteiger partial charge on any atom is 0.263 e. The van der Waals surface area contributed by atoms with Gasteiger partial charge < -0.3 is 11.1 Å². The van der Waals surface area contributed by atoms with Gasteiger partial charge >= 0.3 is 0 Å². The van der Waals surface area contributed by atoms with E-state index >= 15 is 0 Å². The van der Waals surface area contributed by atoms with Gasteiger partial charge in [0.05, 0.1) is 11.2 Å². The van der Waals surface area contributed by atoms with E-state index in [1.54, 1.807) is 5.51 Å². The van der Waals surface area contributed by atoms with Crippen LogP contribution in [0.25, 0.3) is 0 Å². The van der Waals surface area contributed by atoms with Gasteiger partial charge in [-0.1, -0.05) is 20.8 Å². The molecule has 1 aliphatic rings. The lowest BCUT2D eigenvalue weighted by molar-refractivity contribution is 0.0952. The minimum Gasteiger partial charge on any atom is -0.350 e. The molecule has 18 heavy (non-hydrogen) atoms. The van der Waals surface area contributed by atoms with Crippen LogP contribution in [-0.2, 0) is 5.41 Å². The fraction of sp³-hybridized carbons (Fsp3) is 0.692. The van der Waals surface area contributed by atoms with Gasteiger partial charge in [0.1, 0.15) is 4.88 Å². The Morgan fingerprint density at radius 1 is 1.61 bits per heavy atom. The number of thiazole rings is 1. The topological polar surface area (TPSA) is 68.0 Å². The standard InChI is InChI=1S/C13H21N3OS/c1-13(2,3)11-10(18-7-16-11)12(17)15-6-9(14)8-4-5-8/h7-9H,4-6,14H2,1-3H3,(H,15,17). The lowest BCUT2D eigenvalue weighted by atomic mass is 9.91. The molecule has 1 aliphatic carbocycles. The van der Waals surface area contributed by atoms with Gasteiger partial charge in [0.2, 0.25) is 0 Å². The monoisotopic (exact) mass is 267 g/mol. The Hall–Kier alpha value is -0.940. The third kappa shape index (κ3) is 3.09. The van der Waals surface area contributed by atoms with Crippen LogP contribution in [0.2, 0.25) is 0 Å². The molecule has 2 rings (SSSR count). The van der Waals surface area contributed by atoms with E-state index in [9.17, 15) is 4.79 Å². The number of carbonyl (C=O) groups is 1. The molecular weight excluding hydrogens is 246 g/mol. The molecule has 0 aliphatic heterocycles. The molecule has 1 aromatic rings. The van der Waals surface area contributed by atoms with Gasteiger partial charge in [0, 0.05) is 18.0 Å². The Bertz CT molecular complexity index is 432. The zero-order chi connectivity index (χ0) is 13.3. The Kier molecular flexibility index (Phi) is 3.73. The molecule has 1 aromatic heterocycles. The summed E-state index contributed by atoms with van der Waals surface area (Å²) in [5, 5.41) is 2.93. The molecular formula is C13H21N3OS. The van der Waals surface area contributed by atoms with E-state index < -0.39 is 0 Å². The summed E-state index contributed by atoms with van der Waals surface area (Å²) in [5.74, 6) is 0.562. The molecule has 1 atom stereocenters. The molecule has 0 spiro atoms. The van der Waals surface area contributed by atoms with Gasteiger partial charge in [-0.15, -0.1) is 11.3 Å². The number of rotatable bonds is 4. The second-order valence-electron chi connectivity index (χ2n) is 5.99. The lowest BCUT2D eigenvalue weighted by Crippen LogP contribution is -2.38. The summed E-state index contributed by atoms with van der Waals surface area (Å²) in [7, 11) is 0. The molecule has 1 heterocycles. The van der Waals surface area contributed by atoms with Gasteiger partial charge in [0.25, 0.3) is 5.91 Å². The first kappa shape index (κ1) is 13.5. The number of amides is 1. The third-order valence-electron chi connectivity index (χ3n) is 3.21. The van der Waals surface area contributed by atoms with Crippen molar-refractivity contribution in [3.63, 3.8) is 0 Å². The maximum atomic E-state index is 12.1. The summed E-state index contributed by atoms with van der Waals surface area (Å²) in [4.78, 5) is 17.1. The van der Waals surface area contributed by atoms with Crippen LogP contribution in [0, 0.1) is 5.92 Å². The number of nitrogens with two attached hydrogens (primary N) is 1. The van der Waals surface area contributed by atoms with Crippen molar-refractivity contribution in [1.82, 2.24) is 10.3 Å². The Morgan fingerprint density at radius 2 is 2.28 bits per heavy atom. The third-order valence-corrected chi connectivity index (χ3v) is 4.04. The lowest BCUT2D eigenvalue weighted by Gasteiger charge is -2.18. The Labute approximate surface area is 112 Å². The molecule has 1 amide bonds.